The first kappa shape index (κ1) is 19.7. The van der Waals surface area contributed by atoms with Crippen LogP contribution in [0, 0.1) is 0 Å². The summed E-state index contributed by atoms with van der Waals surface area (Å²) in [6.45, 7) is 6.46. The van der Waals surface area contributed by atoms with Gasteiger partial charge in [-0.05, 0) is 63.3 Å². The number of hydrogen-bond donors (Lipinski definition) is 1. The number of carbonyl (C=O) groups excluding carboxylic acids is 1. The zero-order chi connectivity index (χ0) is 18.6. The van der Waals surface area contributed by atoms with Gasteiger partial charge in [0, 0.05) is 20.6 Å². The van der Waals surface area contributed by atoms with Gasteiger partial charge in [0.1, 0.15) is 5.75 Å². The number of ether oxygens (including phenoxy) is 1. The van der Waals surface area contributed by atoms with E-state index in [2.05, 4.69) is 57.9 Å². The molecule has 0 radical (unpaired) electrons. The topological polar surface area (TPSA) is 38.3 Å². The van der Waals surface area contributed by atoms with Crippen molar-refractivity contribution in [2.45, 2.75) is 26.2 Å². The third kappa shape index (κ3) is 5.44. The summed E-state index contributed by atoms with van der Waals surface area (Å²) in [6.07, 6.45) is 3.23. The first-order chi connectivity index (χ1) is 11.7. The summed E-state index contributed by atoms with van der Waals surface area (Å²) < 4.78 is 7.09. The Morgan fingerprint density at radius 2 is 1.84 bits per heavy atom. The van der Waals surface area contributed by atoms with E-state index in [1.165, 1.54) is 11.6 Å². The zero-order valence-corrected chi connectivity index (χ0v) is 17.9. The van der Waals surface area contributed by atoms with E-state index in [0.29, 0.717) is 5.75 Å². The predicted octanol–water partition coefficient (Wildman–Crippen LogP) is 6.17. The third-order valence-electron chi connectivity index (χ3n) is 3.70. The summed E-state index contributed by atoms with van der Waals surface area (Å²) in [7, 11) is 1.61. The molecular weight excluding hydrogens is 446 g/mol. The molecule has 132 valence electrons. The normalized spacial score (nSPS) is 11.6. The van der Waals surface area contributed by atoms with Crippen LogP contribution in [0.15, 0.2) is 51.4 Å². The van der Waals surface area contributed by atoms with Gasteiger partial charge in [0.2, 0.25) is 5.91 Å². The van der Waals surface area contributed by atoms with Gasteiger partial charge >= 0.3 is 0 Å². The molecule has 0 bridgehead atoms. The average molecular weight is 467 g/mol. The number of benzene rings is 2. The van der Waals surface area contributed by atoms with Gasteiger partial charge in [-0.3, -0.25) is 4.79 Å². The summed E-state index contributed by atoms with van der Waals surface area (Å²) in [6, 6.07) is 11.6. The molecule has 1 N–H and O–H groups in total. The molecule has 0 fully saturated rings. The second-order valence-corrected chi connectivity index (χ2v) is 8.42. The first-order valence-electron chi connectivity index (χ1n) is 7.83. The van der Waals surface area contributed by atoms with E-state index in [-0.39, 0.29) is 11.3 Å². The number of hydrogen-bond acceptors (Lipinski definition) is 2. The smallest absolute Gasteiger partial charge is 0.248 e. The number of halogens is 2. The van der Waals surface area contributed by atoms with Crippen molar-refractivity contribution in [3.8, 4) is 5.75 Å². The van der Waals surface area contributed by atoms with Crippen LogP contribution < -0.4 is 10.1 Å². The van der Waals surface area contributed by atoms with E-state index in [1.54, 1.807) is 13.2 Å². The Bertz CT molecular complexity index is 808. The highest BCUT2D eigenvalue weighted by Crippen LogP contribution is 2.30. The van der Waals surface area contributed by atoms with Crippen LogP contribution in [0.5, 0.6) is 5.75 Å². The van der Waals surface area contributed by atoms with Crippen LogP contribution in [-0.2, 0) is 10.2 Å². The van der Waals surface area contributed by atoms with E-state index < -0.39 is 0 Å². The minimum atomic E-state index is -0.203. The molecule has 2 aromatic carbocycles. The van der Waals surface area contributed by atoms with Crippen molar-refractivity contribution in [2.24, 2.45) is 0 Å². The van der Waals surface area contributed by atoms with E-state index in [9.17, 15) is 4.79 Å². The predicted molar refractivity (Wildman–Crippen MR) is 111 cm³/mol. The Hall–Kier alpha value is -1.59. The second kappa shape index (κ2) is 8.19. The van der Waals surface area contributed by atoms with Gasteiger partial charge in [0.25, 0.3) is 0 Å². The van der Waals surface area contributed by atoms with Crippen molar-refractivity contribution >= 4 is 49.5 Å². The molecule has 0 saturated heterocycles. The third-order valence-corrected chi connectivity index (χ3v) is 4.85. The molecule has 2 aromatic rings. The Morgan fingerprint density at radius 3 is 2.44 bits per heavy atom. The highest BCUT2D eigenvalue weighted by atomic mass is 79.9. The maximum Gasteiger partial charge on any atom is 0.248 e. The summed E-state index contributed by atoms with van der Waals surface area (Å²) >= 11 is 6.95. The highest BCUT2D eigenvalue weighted by molar-refractivity contribution is 9.10. The lowest BCUT2D eigenvalue weighted by atomic mass is 9.87. The molecule has 0 saturated carbocycles. The molecule has 0 spiro atoms. The summed E-state index contributed by atoms with van der Waals surface area (Å²) in [4.78, 5) is 12.2. The molecule has 5 heteroatoms. The van der Waals surface area contributed by atoms with Crippen molar-refractivity contribution in [3.63, 3.8) is 0 Å². The molecule has 0 atom stereocenters. The Morgan fingerprint density at radius 1 is 1.12 bits per heavy atom. The highest BCUT2D eigenvalue weighted by Gasteiger charge is 2.15. The van der Waals surface area contributed by atoms with Gasteiger partial charge in [-0.25, -0.2) is 0 Å². The average Bonchev–Trinajstić information content (AvgIpc) is 2.54. The van der Waals surface area contributed by atoms with E-state index >= 15 is 0 Å². The van der Waals surface area contributed by atoms with Crippen molar-refractivity contribution in [1.82, 2.24) is 0 Å². The zero-order valence-electron chi connectivity index (χ0n) is 14.7. The maximum absolute atomic E-state index is 12.2. The molecule has 0 heterocycles. The molecule has 3 nitrogen and oxygen atoms in total. The second-order valence-electron chi connectivity index (χ2n) is 6.65. The van der Waals surface area contributed by atoms with Crippen molar-refractivity contribution in [1.29, 1.82) is 0 Å². The number of carbonyl (C=O) groups is 1. The Labute approximate surface area is 165 Å². The molecule has 1 amide bonds. The van der Waals surface area contributed by atoms with Crippen LogP contribution in [-0.4, -0.2) is 13.0 Å². The van der Waals surface area contributed by atoms with Crippen LogP contribution in [0.2, 0.25) is 0 Å². The number of rotatable bonds is 4. The molecule has 0 aliphatic heterocycles. The summed E-state index contributed by atoms with van der Waals surface area (Å²) in [5, 5.41) is 2.89. The van der Waals surface area contributed by atoms with Gasteiger partial charge in [0.15, 0.2) is 0 Å². The summed E-state index contributed by atoms with van der Waals surface area (Å²) in [5.41, 5.74) is 2.83. The van der Waals surface area contributed by atoms with Crippen LogP contribution >= 0.6 is 31.9 Å². The van der Waals surface area contributed by atoms with Gasteiger partial charge in [-0.1, -0.05) is 42.8 Å². The SMILES string of the molecule is COc1ccc(Br)cc1/C=C/C(=O)Nc1ccc(C(C)(C)C)cc1Br. The minimum Gasteiger partial charge on any atom is -0.496 e. The molecule has 0 unspecified atom stereocenters. The van der Waals surface area contributed by atoms with Crippen LogP contribution in [0.25, 0.3) is 6.08 Å². The number of nitrogens with one attached hydrogen (secondary N) is 1. The first-order valence-corrected chi connectivity index (χ1v) is 9.42. The molecule has 0 aromatic heterocycles. The maximum atomic E-state index is 12.2. The molecular formula is C20H21Br2NO2. The van der Waals surface area contributed by atoms with Crippen molar-refractivity contribution < 1.29 is 9.53 Å². The van der Waals surface area contributed by atoms with Crippen molar-refractivity contribution in [2.75, 3.05) is 12.4 Å². The lowest BCUT2D eigenvalue weighted by molar-refractivity contribution is -0.111. The van der Waals surface area contributed by atoms with Crippen LogP contribution in [0.3, 0.4) is 0 Å². The number of anilines is 1. The Balaban J connectivity index is 2.14. The lowest BCUT2D eigenvalue weighted by Crippen LogP contribution is -2.12. The molecule has 25 heavy (non-hydrogen) atoms. The number of amides is 1. The molecule has 0 aliphatic rings. The van der Waals surface area contributed by atoms with Crippen LogP contribution in [0.4, 0.5) is 5.69 Å². The van der Waals surface area contributed by atoms with Gasteiger partial charge in [-0.2, -0.15) is 0 Å². The fourth-order valence-corrected chi connectivity index (χ4v) is 3.12. The van der Waals surface area contributed by atoms with E-state index in [4.69, 9.17) is 4.74 Å². The van der Waals surface area contributed by atoms with E-state index in [1.807, 2.05) is 36.4 Å². The fourth-order valence-electron chi connectivity index (χ4n) is 2.26. The molecule has 0 aliphatic carbocycles. The largest absolute Gasteiger partial charge is 0.496 e. The van der Waals surface area contributed by atoms with Gasteiger partial charge in [-0.15, -0.1) is 0 Å². The van der Waals surface area contributed by atoms with Crippen molar-refractivity contribution in [3.05, 3.63) is 62.5 Å². The van der Waals surface area contributed by atoms with Gasteiger partial charge < -0.3 is 10.1 Å². The van der Waals surface area contributed by atoms with Crippen LogP contribution in [0.1, 0.15) is 31.9 Å². The van der Waals surface area contributed by atoms with Gasteiger partial charge in [0.05, 0.1) is 12.8 Å². The fraction of sp³-hybridized carbons (Fsp3) is 0.250. The minimum absolute atomic E-state index is 0.0577. The lowest BCUT2D eigenvalue weighted by Gasteiger charge is -2.20. The molecule has 2 rings (SSSR count). The van der Waals surface area contributed by atoms with E-state index in [0.717, 1.165) is 20.2 Å². The quantitative estimate of drug-likeness (QED) is 0.547. The monoisotopic (exact) mass is 465 g/mol. The Kier molecular flexibility index (Phi) is 6.47. The number of methoxy groups -OCH3 is 1. The standard InChI is InChI=1S/C20H21Br2NO2/c1-20(2,3)14-6-8-17(16(22)12-14)23-19(24)10-5-13-11-15(21)7-9-18(13)25-4/h5-12H,1-4H3,(H,23,24)/b10-5+. The summed E-state index contributed by atoms with van der Waals surface area (Å²) in [5.74, 6) is 0.509.